The number of H-pyrrole nitrogens is 4. The third kappa shape index (κ3) is 16.2. The number of alkyl halides is 2. The number of halogens is 6. The van der Waals surface area contributed by atoms with E-state index in [2.05, 4.69) is 309 Å². The van der Waals surface area contributed by atoms with Gasteiger partial charge in [-0.3, -0.25) is 9.69 Å². The average molecular weight is 1870 g/mol. The minimum atomic E-state index is -3.10. The van der Waals surface area contributed by atoms with E-state index in [4.69, 9.17) is 29.6 Å². The van der Waals surface area contributed by atoms with Gasteiger partial charge >= 0.3 is 0 Å². The van der Waals surface area contributed by atoms with E-state index in [0.29, 0.717) is 43.1 Å². The van der Waals surface area contributed by atoms with Crippen molar-refractivity contribution in [3.05, 3.63) is 255 Å². The Morgan fingerprint density at radius 1 is 0.429 bits per heavy atom. The number of aromatic nitrogens is 16. The zero-order valence-corrected chi connectivity index (χ0v) is 76.3. The maximum atomic E-state index is 14.6. The van der Waals surface area contributed by atoms with Gasteiger partial charge in [0.15, 0.2) is 23.3 Å². The van der Waals surface area contributed by atoms with Gasteiger partial charge in [-0.2, -0.15) is 20.9 Å². The number of hydrogen-bond donors (Lipinski definition) is 4. The number of hydrogen-bond acceptors (Lipinski definition) is 22. The first-order chi connectivity index (χ1) is 60.9. The maximum absolute atomic E-state index is 14.6. The summed E-state index contributed by atoms with van der Waals surface area (Å²) in [7, 11) is 4.44. The highest BCUT2D eigenvalue weighted by atomic mass is 79.9. The number of rotatable bonds is 15. The number of aryl methyl sites for hydroxylation is 3. The molecule has 126 heavy (non-hydrogen) atoms. The third-order valence-electron chi connectivity index (χ3n) is 27.6. The van der Waals surface area contributed by atoms with Crippen molar-refractivity contribution in [2.24, 2.45) is 10.2 Å². The van der Waals surface area contributed by atoms with Gasteiger partial charge in [0.2, 0.25) is 5.91 Å². The Balaban J connectivity index is 0.000000114. The van der Waals surface area contributed by atoms with Crippen molar-refractivity contribution >= 4 is 106 Å². The van der Waals surface area contributed by atoms with Gasteiger partial charge in [0, 0.05) is 184 Å². The molecule has 4 spiro atoms. The van der Waals surface area contributed by atoms with Crippen LogP contribution < -0.4 is 19.6 Å². The van der Waals surface area contributed by atoms with Crippen LogP contribution in [0.3, 0.4) is 0 Å². The van der Waals surface area contributed by atoms with E-state index in [0.717, 1.165) is 191 Å². The van der Waals surface area contributed by atoms with Gasteiger partial charge in [0.25, 0.3) is 11.6 Å². The zero-order chi connectivity index (χ0) is 87.4. The van der Waals surface area contributed by atoms with Gasteiger partial charge in [0.1, 0.15) is 0 Å². The van der Waals surface area contributed by atoms with Gasteiger partial charge in [-0.25, -0.2) is 8.78 Å². The summed E-state index contributed by atoms with van der Waals surface area (Å²) in [6.45, 7) is 20.1. The Hall–Kier alpha value is -10.9. The fraction of sp³-hybridized carbons (Fsp3) is 0.409. The number of fused-ring (bicyclic) bond motifs is 16. The maximum Gasteiger partial charge on any atom is 0.297 e. The molecule has 4 N–H and O–H groups in total. The highest BCUT2D eigenvalue weighted by molar-refractivity contribution is 9.10. The lowest BCUT2D eigenvalue weighted by Gasteiger charge is -2.49. The first-order valence-corrected chi connectivity index (χ1v) is 45.5. The molecule has 650 valence electrons. The number of aromatic amines is 4. The van der Waals surface area contributed by atoms with E-state index in [-0.39, 0.29) is 27.6 Å². The Kier molecular flexibility index (Phi) is 23.9. The van der Waals surface area contributed by atoms with E-state index in [1.807, 2.05) is 35.2 Å². The summed E-state index contributed by atoms with van der Waals surface area (Å²) in [4.78, 5) is 30.5. The van der Waals surface area contributed by atoms with Crippen LogP contribution in [0.2, 0.25) is 10.0 Å². The summed E-state index contributed by atoms with van der Waals surface area (Å²) in [5, 5.41) is 67.1. The Bertz CT molecular complexity index is 5690. The molecule has 0 bridgehead atoms. The third-order valence-corrected chi connectivity index (χ3v) is 29.1. The SMILES string of the molecule is C#CCN1CCC2(CC1)c1cc(Br)ccc1N(CCc1nn[nH]n1)c1ccc(C3(C(C)(F)F)N=N3)cc12.CC(=O)N1CCC2(CC1)c1cc(C)ccc1N(CCc1nn[nH]n1)c1ccc(Cl)cc12.Cc1ccc2c(c1)C1(CCN(C)CC1)c1cc(Br)ccc1N2CCc1nn[nH]n1.Cc1ccc2c(c1)C1(CCN(C)CC1)c1cc(Cl)ccc1N2CCc1nn[nH]n1. The quantitative estimate of drug-likeness (QED) is 0.0694. The topological polar surface area (TPSA) is 286 Å². The van der Waals surface area contributed by atoms with E-state index in [1.54, 1.807) is 13.0 Å². The minimum Gasteiger partial charge on any atom is -0.343 e. The van der Waals surface area contributed by atoms with Crippen molar-refractivity contribution in [2.45, 2.75) is 145 Å². The number of tetrazole rings is 4. The molecular formula is C93H100Br2Cl2F2N26O. The standard InChI is InChI=1S/C26H25BrF2N8.C23H25ClN6O.C22H25BrN6.C22H25ClN6/c1-3-11-36-13-9-25(10-14-36)19-15-17(26(32-33-26)24(2,28)29)4-6-21(19)37(12-8-23-30-34-35-31-23)22-7-5-18(27)16-20(22)25;1-15-3-5-20-18(13-15)23(8-11-29(12-9-23)16(2)31)19-14-17(24)4-6-21(19)30(20)10-7-22-25-27-28-26-22;2*1-15-3-5-19-17(13-15)22(8-11-28(2)12-9-22)18-14-16(23)4-6-20(18)29(19)10-7-21-24-26-27-25-21/h1,4-7,15-16H,8-14H2,2H3,(H,30,31,34,35);3-6,13-14H,7-12H2,1-2H3,(H,25,26,27,28);2*3-6,13-14H,7-12H2,1-2H3,(H,24,25,26,27). The summed E-state index contributed by atoms with van der Waals surface area (Å²) >= 11 is 20.4. The molecule has 4 fully saturated rings. The smallest absolute Gasteiger partial charge is 0.297 e. The molecule has 9 aliphatic heterocycles. The molecule has 12 aromatic rings. The minimum absolute atomic E-state index is 0.0107. The molecule has 0 aliphatic carbocycles. The summed E-state index contributed by atoms with van der Waals surface area (Å²) in [5.74, 6) is 2.58. The van der Waals surface area contributed by atoms with Crippen LogP contribution in [0.15, 0.2) is 165 Å². The van der Waals surface area contributed by atoms with E-state index < -0.39 is 11.6 Å². The molecule has 33 heteroatoms. The second-order valence-corrected chi connectivity index (χ2v) is 37.7. The van der Waals surface area contributed by atoms with Crippen molar-refractivity contribution in [2.75, 3.05) is 119 Å². The van der Waals surface area contributed by atoms with Crippen molar-refractivity contribution in [1.82, 2.24) is 102 Å². The number of carbonyl (C=O) groups excluding carboxylic acids is 1. The van der Waals surface area contributed by atoms with Gasteiger partial charge in [0.05, 0.1) is 6.54 Å². The van der Waals surface area contributed by atoms with Crippen molar-refractivity contribution in [1.29, 1.82) is 0 Å². The summed E-state index contributed by atoms with van der Waals surface area (Å²) in [6, 6.07) is 51.7. The van der Waals surface area contributed by atoms with Crippen LogP contribution in [0.1, 0.15) is 155 Å². The molecule has 8 aromatic carbocycles. The van der Waals surface area contributed by atoms with E-state index >= 15 is 0 Å². The number of carbonyl (C=O) groups is 1. The largest absolute Gasteiger partial charge is 0.343 e. The number of piperidine rings is 4. The van der Waals surface area contributed by atoms with Crippen LogP contribution in [-0.4, -0.2) is 213 Å². The van der Waals surface area contributed by atoms with Crippen molar-refractivity contribution in [3.63, 3.8) is 0 Å². The molecule has 9 aliphatic rings. The Morgan fingerprint density at radius 2 is 0.722 bits per heavy atom. The van der Waals surface area contributed by atoms with Crippen LogP contribution >= 0.6 is 55.1 Å². The highest BCUT2D eigenvalue weighted by Gasteiger charge is 2.61. The van der Waals surface area contributed by atoms with Crippen LogP contribution in [0.5, 0.6) is 0 Å². The molecule has 4 saturated heterocycles. The second kappa shape index (κ2) is 35.1. The fourth-order valence-electron chi connectivity index (χ4n) is 20.9. The first kappa shape index (κ1) is 85.9. The highest BCUT2D eigenvalue weighted by Crippen LogP contribution is 2.61. The Morgan fingerprint density at radius 3 is 1.03 bits per heavy atom. The van der Waals surface area contributed by atoms with E-state index in [9.17, 15) is 13.6 Å². The number of nitrogens with one attached hydrogen (secondary N) is 4. The molecule has 0 saturated carbocycles. The van der Waals surface area contributed by atoms with Crippen LogP contribution in [0.25, 0.3) is 0 Å². The molecule has 1 amide bonds. The number of nitrogens with zero attached hydrogens (tertiary/aromatic N) is 22. The molecular weight excluding hydrogens is 1770 g/mol. The van der Waals surface area contributed by atoms with Gasteiger partial charge < -0.3 is 34.3 Å². The average Bonchev–Trinajstić information content (AvgIpc) is 1.25. The lowest BCUT2D eigenvalue weighted by atomic mass is 9.64. The molecule has 4 aromatic heterocycles. The molecule has 21 rings (SSSR count). The first-order valence-electron chi connectivity index (χ1n) is 43.2. The number of anilines is 8. The van der Waals surface area contributed by atoms with Gasteiger partial charge in [-0.05, 0) is 260 Å². The molecule has 0 unspecified atom stereocenters. The number of terminal acetylenes is 1. The van der Waals surface area contributed by atoms with E-state index in [1.165, 1.54) is 89.8 Å². The number of likely N-dealkylation sites (tertiary alicyclic amines) is 4. The van der Waals surface area contributed by atoms with Crippen molar-refractivity contribution < 1.29 is 13.6 Å². The summed E-state index contributed by atoms with van der Waals surface area (Å²) in [6.07, 6.45) is 16.2. The number of amides is 1. The predicted octanol–water partition coefficient (Wildman–Crippen LogP) is 16.6. The van der Waals surface area contributed by atoms with Crippen LogP contribution in [-0.2, 0) is 57.8 Å². The summed E-state index contributed by atoms with van der Waals surface area (Å²) in [5.41, 5.74) is 22.0. The molecule has 27 nitrogen and oxygen atoms in total. The molecule has 0 atom stereocenters. The summed E-state index contributed by atoms with van der Waals surface area (Å²) < 4.78 is 31.4. The second-order valence-electron chi connectivity index (χ2n) is 35.0. The van der Waals surface area contributed by atoms with Gasteiger partial charge in [-0.1, -0.05) is 141 Å². The number of benzene rings is 8. The zero-order valence-electron chi connectivity index (χ0n) is 71.6. The van der Waals surface area contributed by atoms with Crippen LogP contribution in [0.4, 0.5) is 54.3 Å². The van der Waals surface area contributed by atoms with Crippen LogP contribution in [0, 0.1) is 33.1 Å². The Labute approximate surface area is 757 Å². The normalized spacial score (nSPS) is 18.1. The monoisotopic (exact) mass is 1860 g/mol. The lowest BCUT2D eigenvalue weighted by molar-refractivity contribution is -0.130. The fourth-order valence-corrected chi connectivity index (χ4v) is 22.0. The molecule has 0 radical (unpaired) electrons. The van der Waals surface area contributed by atoms with Crippen molar-refractivity contribution in [3.8, 4) is 12.3 Å². The predicted molar refractivity (Wildman–Crippen MR) is 490 cm³/mol. The van der Waals surface area contributed by atoms with Gasteiger partial charge in [-0.15, -0.1) is 57.4 Å². The lowest BCUT2D eigenvalue weighted by Crippen LogP contribution is -2.47. The molecule has 13 heterocycles.